The lowest BCUT2D eigenvalue weighted by atomic mass is 10.0. The quantitative estimate of drug-likeness (QED) is 0.387. The molecule has 2 aliphatic rings. The summed E-state index contributed by atoms with van der Waals surface area (Å²) in [5, 5.41) is 11.9. The topological polar surface area (TPSA) is 78.9 Å². The first-order valence-corrected chi connectivity index (χ1v) is 7.49. The Bertz CT molecular complexity index is 573. The number of nitrogens with two attached hydrogens (primary N) is 1. The second kappa shape index (κ2) is 5.39. The highest BCUT2D eigenvalue weighted by molar-refractivity contribution is 6.07. The highest BCUT2D eigenvalue weighted by Crippen LogP contribution is 2.56. The van der Waals surface area contributed by atoms with Gasteiger partial charge in [-0.2, -0.15) is 0 Å². The van der Waals surface area contributed by atoms with E-state index in [1.165, 1.54) is 25.7 Å². The molecule has 2 aliphatic carbocycles. The van der Waals surface area contributed by atoms with Crippen molar-refractivity contribution in [1.82, 2.24) is 0 Å². The average molecular weight is 287 g/mol. The van der Waals surface area contributed by atoms with Crippen LogP contribution in [0.4, 0.5) is 5.69 Å². The van der Waals surface area contributed by atoms with Gasteiger partial charge in [-0.25, -0.2) is 0 Å². The predicted octanol–water partition coefficient (Wildman–Crippen LogP) is 2.18. The number of fused-ring (bicyclic) bond motifs is 1. The van der Waals surface area contributed by atoms with Crippen LogP contribution in [-0.4, -0.2) is 24.0 Å². The number of carbonyl (C=O) groups excluding carboxylic acids is 1. The first-order chi connectivity index (χ1) is 10.1. The lowest BCUT2D eigenvalue weighted by Gasteiger charge is -2.20. The highest BCUT2D eigenvalue weighted by Gasteiger charge is 2.55. The number of oxime groups is 1. The van der Waals surface area contributed by atoms with Gasteiger partial charge in [0.2, 0.25) is 5.91 Å². The van der Waals surface area contributed by atoms with Crippen LogP contribution >= 0.6 is 0 Å². The zero-order valence-electron chi connectivity index (χ0n) is 12.2. The van der Waals surface area contributed by atoms with E-state index in [0.717, 1.165) is 0 Å². The van der Waals surface area contributed by atoms with E-state index in [-0.39, 0.29) is 17.7 Å². The number of carbonyl (C=O) groups is 1. The van der Waals surface area contributed by atoms with Gasteiger partial charge in [0.25, 0.3) is 0 Å². The van der Waals surface area contributed by atoms with Crippen molar-refractivity contribution in [1.29, 1.82) is 0 Å². The summed E-state index contributed by atoms with van der Waals surface area (Å²) in [6.45, 7) is 0. The average Bonchev–Trinajstić information content (AvgIpc) is 3.27. The molecule has 1 aromatic carbocycles. The van der Waals surface area contributed by atoms with Crippen LogP contribution in [0.5, 0.6) is 0 Å². The fourth-order valence-corrected chi connectivity index (χ4v) is 3.74. The summed E-state index contributed by atoms with van der Waals surface area (Å²) >= 11 is 0. The third-order valence-electron chi connectivity index (χ3n) is 4.92. The molecule has 0 spiro atoms. The Morgan fingerprint density at radius 2 is 1.90 bits per heavy atom. The van der Waals surface area contributed by atoms with Crippen LogP contribution in [0, 0.1) is 17.8 Å². The minimum absolute atomic E-state index is 0.0264. The zero-order valence-corrected chi connectivity index (χ0v) is 12.2. The maximum Gasteiger partial charge on any atom is 0.230 e. The van der Waals surface area contributed by atoms with Crippen LogP contribution < -0.4 is 10.6 Å². The van der Waals surface area contributed by atoms with Gasteiger partial charge in [-0.15, -0.1) is 0 Å². The van der Waals surface area contributed by atoms with Crippen LogP contribution in [0.2, 0.25) is 0 Å². The van der Waals surface area contributed by atoms with Crippen molar-refractivity contribution >= 4 is 17.4 Å². The molecular formula is C16H21N3O2. The molecule has 3 N–H and O–H groups in total. The Hall–Kier alpha value is -2.04. The lowest BCUT2D eigenvalue weighted by Crippen LogP contribution is -2.31. The number of para-hydroxylation sites is 1. The smallest absolute Gasteiger partial charge is 0.230 e. The summed E-state index contributed by atoms with van der Waals surface area (Å²) < 4.78 is 0. The second-order valence-electron chi connectivity index (χ2n) is 6.04. The molecule has 0 aliphatic heterocycles. The molecule has 2 unspecified atom stereocenters. The minimum atomic E-state index is 0.0264. The summed E-state index contributed by atoms with van der Waals surface area (Å²) in [4.78, 5) is 14.4. The van der Waals surface area contributed by atoms with Gasteiger partial charge in [0, 0.05) is 18.5 Å². The molecule has 112 valence electrons. The molecule has 1 amide bonds. The summed E-state index contributed by atoms with van der Waals surface area (Å²) in [6.07, 6.45) is 4.85. The molecule has 2 atom stereocenters. The van der Waals surface area contributed by atoms with Crippen LogP contribution in [0.1, 0.15) is 31.2 Å². The molecular weight excluding hydrogens is 266 g/mol. The van der Waals surface area contributed by atoms with Crippen molar-refractivity contribution in [3.63, 3.8) is 0 Å². The number of rotatable bonds is 3. The second-order valence-corrected chi connectivity index (χ2v) is 6.04. The van der Waals surface area contributed by atoms with Crippen molar-refractivity contribution in [2.24, 2.45) is 28.6 Å². The van der Waals surface area contributed by atoms with Crippen molar-refractivity contribution < 1.29 is 10.0 Å². The summed E-state index contributed by atoms with van der Waals surface area (Å²) in [6, 6.07) is 7.25. The summed E-state index contributed by atoms with van der Waals surface area (Å²) in [5.74, 6) is 1.50. The molecule has 0 heterocycles. The number of amides is 1. The SMILES string of the molecule is CN(C(=O)C1C2CCCCC21)c1ccccc1/C(N)=N/O. The van der Waals surface area contributed by atoms with E-state index < -0.39 is 0 Å². The Morgan fingerprint density at radius 1 is 1.29 bits per heavy atom. The van der Waals surface area contributed by atoms with Crippen LogP contribution in [-0.2, 0) is 4.79 Å². The number of hydrogen-bond donors (Lipinski definition) is 2. The fraction of sp³-hybridized carbons (Fsp3) is 0.500. The van der Waals surface area contributed by atoms with Crippen molar-refractivity contribution in [3.8, 4) is 0 Å². The van der Waals surface area contributed by atoms with Gasteiger partial charge in [-0.3, -0.25) is 4.79 Å². The van der Waals surface area contributed by atoms with Gasteiger partial charge in [0.1, 0.15) is 0 Å². The molecule has 21 heavy (non-hydrogen) atoms. The Morgan fingerprint density at radius 3 is 2.52 bits per heavy atom. The van der Waals surface area contributed by atoms with E-state index in [1.807, 2.05) is 18.2 Å². The van der Waals surface area contributed by atoms with E-state index in [0.29, 0.717) is 23.1 Å². The number of benzene rings is 1. The first kappa shape index (κ1) is 13.9. The van der Waals surface area contributed by atoms with Crippen LogP contribution in [0.3, 0.4) is 0 Å². The maximum atomic E-state index is 12.7. The standard InChI is InChI=1S/C16H21N3O2/c1-19(13-9-5-4-8-12(13)15(17)18-21)16(20)14-10-6-2-3-7-11(10)14/h4-5,8-11,14,21H,2-3,6-7H2,1H3,(H2,17,18). The van der Waals surface area contributed by atoms with Crippen molar-refractivity contribution in [2.75, 3.05) is 11.9 Å². The predicted molar refractivity (Wildman–Crippen MR) is 81.3 cm³/mol. The Labute approximate surface area is 124 Å². The minimum Gasteiger partial charge on any atom is -0.409 e. The Kier molecular flexibility index (Phi) is 3.57. The normalized spacial score (nSPS) is 27.9. The van der Waals surface area contributed by atoms with Crippen molar-refractivity contribution in [3.05, 3.63) is 29.8 Å². The molecule has 5 heteroatoms. The van der Waals surface area contributed by atoms with Crippen LogP contribution in [0.15, 0.2) is 29.4 Å². The van der Waals surface area contributed by atoms with Gasteiger partial charge in [-0.1, -0.05) is 30.1 Å². The maximum absolute atomic E-state index is 12.7. The molecule has 0 bridgehead atoms. The summed E-state index contributed by atoms with van der Waals surface area (Å²) in [5.41, 5.74) is 6.98. The van der Waals surface area contributed by atoms with E-state index in [4.69, 9.17) is 10.9 Å². The lowest BCUT2D eigenvalue weighted by molar-refractivity contribution is -0.120. The molecule has 0 saturated heterocycles. The monoisotopic (exact) mass is 287 g/mol. The molecule has 1 aromatic rings. The van der Waals surface area contributed by atoms with E-state index in [9.17, 15) is 4.79 Å². The molecule has 3 rings (SSSR count). The molecule has 0 aromatic heterocycles. The van der Waals surface area contributed by atoms with Gasteiger partial charge < -0.3 is 15.8 Å². The molecule has 2 fully saturated rings. The number of hydrogen-bond acceptors (Lipinski definition) is 3. The van der Waals surface area contributed by atoms with E-state index in [1.54, 1.807) is 18.0 Å². The highest BCUT2D eigenvalue weighted by atomic mass is 16.4. The van der Waals surface area contributed by atoms with Gasteiger partial charge >= 0.3 is 0 Å². The zero-order chi connectivity index (χ0) is 15.0. The molecule has 0 radical (unpaired) electrons. The largest absolute Gasteiger partial charge is 0.409 e. The van der Waals surface area contributed by atoms with Gasteiger partial charge in [-0.05, 0) is 36.8 Å². The Balaban J connectivity index is 1.82. The molecule has 2 saturated carbocycles. The number of nitrogens with zero attached hydrogens (tertiary/aromatic N) is 2. The first-order valence-electron chi connectivity index (χ1n) is 7.49. The van der Waals surface area contributed by atoms with Gasteiger partial charge in [0.05, 0.1) is 5.69 Å². The number of anilines is 1. The number of amidine groups is 1. The third kappa shape index (κ3) is 2.37. The van der Waals surface area contributed by atoms with E-state index in [2.05, 4.69) is 5.16 Å². The van der Waals surface area contributed by atoms with E-state index >= 15 is 0 Å². The van der Waals surface area contributed by atoms with Crippen LogP contribution in [0.25, 0.3) is 0 Å². The third-order valence-corrected chi connectivity index (χ3v) is 4.92. The molecule has 5 nitrogen and oxygen atoms in total. The van der Waals surface area contributed by atoms with Gasteiger partial charge in [0.15, 0.2) is 5.84 Å². The fourth-order valence-electron chi connectivity index (χ4n) is 3.74. The van der Waals surface area contributed by atoms with Crippen molar-refractivity contribution in [2.45, 2.75) is 25.7 Å². The summed E-state index contributed by atoms with van der Waals surface area (Å²) in [7, 11) is 1.77.